The zero-order chi connectivity index (χ0) is 34.3. The van der Waals surface area contributed by atoms with E-state index in [2.05, 4.69) is 110 Å². The van der Waals surface area contributed by atoms with E-state index in [1.807, 2.05) is 0 Å². The van der Waals surface area contributed by atoms with Crippen LogP contribution in [0.4, 0.5) is 11.9 Å². The summed E-state index contributed by atoms with van der Waals surface area (Å²) in [5.74, 6) is 3.73. The number of anilines is 2. The molecule has 0 saturated carbocycles. The van der Waals surface area contributed by atoms with Gasteiger partial charge < -0.3 is 20.4 Å². The highest BCUT2D eigenvalue weighted by Crippen LogP contribution is 2.43. The Morgan fingerprint density at radius 3 is 1.30 bits per heavy atom. The summed E-state index contributed by atoms with van der Waals surface area (Å²) in [7, 11) is 0. The third-order valence-electron chi connectivity index (χ3n) is 12.9. The molecule has 7 nitrogen and oxygen atoms in total. The van der Waals surface area contributed by atoms with Crippen LogP contribution in [0.1, 0.15) is 173 Å². The molecule has 3 heterocycles. The molecule has 2 fully saturated rings. The van der Waals surface area contributed by atoms with Gasteiger partial charge >= 0.3 is 0 Å². The number of aromatic nitrogens is 3. The Kier molecular flexibility index (Phi) is 13.8. The van der Waals surface area contributed by atoms with E-state index < -0.39 is 0 Å². The fourth-order valence-corrected chi connectivity index (χ4v) is 8.46. The van der Waals surface area contributed by atoms with Gasteiger partial charge in [-0.3, -0.25) is 0 Å². The average molecular weight is 642 g/mol. The van der Waals surface area contributed by atoms with Crippen molar-refractivity contribution in [3.63, 3.8) is 0 Å². The Balaban J connectivity index is 2.22. The van der Waals surface area contributed by atoms with E-state index in [1.54, 1.807) is 0 Å². The van der Waals surface area contributed by atoms with Gasteiger partial charge in [0.05, 0.1) is 0 Å². The fraction of sp³-hybridized carbons (Fsp3) is 0.923. The molecule has 0 spiro atoms. The van der Waals surface area contributed by atoms with Crippen molar-refractivity contribution in [3.05, 3.63) is 5.82 Å². The van der Waals surface area contributed by atoms with Gasteiger partial charge in [0.25, 0.3) is 0 Å². The van der Waals surface area contributed by atoms with Gasteiger partial charge in [-0.05, 0) is 97.3 Å². The Bertz CT molecular complexity index is 1000. The number of piperidine rings is 2. The van der Waals surface area contributed by atoms with Gasteiger partial charge in [0.1, 0.15) is 5.82 Å². The Labute approximate surface area is 285 Å². The van der Waals surface area contributed by atoms with Crippen molar-refractivity contribution < 1.29 is 0 Å². The van der Waals surface area contributed by atoms with E-state index in [-0.39, 0.29) is 22.2 Å². The summed E-state index contributed by atoms with van der Waals surface area (Å²) in [6, 6.07) is 0.733. The van der Waals surface area contributed by atoms with E-state index in [1.165, 1.54) is 0 Å². The molecular formula is C39H75N7. The molecule has 3 rings (SSSR count). The van der Waals surface area contributed by atoms with Crippen LogP contribution in [0.5, 0.6) is 0 Å². The van der Waals surface area contributed by atoms with Gasteiger partial charge in [0.15, 0.2) is 0 Å². The van der Waals surface area contributed by atoms with Gasteiger partial charge in [-0.2, -0.15) is 15.0 Å². The first-order valence-electron chi connectivity index (χ1n) is 19.6. The van der Waals surface area contributed by atoms with Crippen LogP contribution < -0.4 is 20.4 Å². The first kappa shape index (κ1) is 39.0. The molecule has 1 aromatic heterocycles. The second-order valence-corrected chi connectivity index (χ2v) is 16.3. The van der Waals surface area contributed by atoms with Gasteiger partial charge in [-0.15, -0.1) is 0 Å². The second kappa shape index (κ2) is 16.3. The van der Waals surface area contributed by atoms with E-state index in [0.717, 1.165) is 114 Å². The number of hydrogen-bond donors (Lipinski definition) is 2. The molecule has 8 atom stereocenters. The quantitative estimate of drug-likeness (QED) is 0.176. The highest BCUT2D eigenvalue weighted by Gasteiger charge is 2.50. The normalized spacial score (nSPS) is 34.9. The van der Waals surface area contributed by atoms with Gasteiger partial charge in [-0.25, -0.2) is 0 Å². The highest BCUT2D eigenvalue weighted by molar-refractivity contribution is 5.43. The topological polar surface area (TPSA) is 69.2 Å². The van der Waals surface area contributed by atoms with Crippen LogP contribution in [0.2, 0.25) is 0 Å². The average Bonchev–Trinajstić information content (AvgIpc) is 3.04. The molecule has 1 aromatic rings. The summed E-state index contributed by atoms with van der Waals surface area (Å²) in [4.78, 5) is 21.5. The lowest BCUT2D eigenvalue weighted by Crippen LogP contribution is -2.69. The van der Waals surface area contributed by atoms with Crippen molar-refractivity contribution in [1.29, 1.82) is 0 Å². The molecule has 8 unspecified atom stereocenters. The predicted octanol–water partition coefficient (Wildman–Crippen LogP) is 9.10. The molecule has 0 radical (unpaired) electrons. The number of nitrogens with one attached hydrogen (secondary N) is 2. The van der Waals surface area contributed by atoms with Crippen molar-refractivity contribution in [2.24, 2.45) is 11.8 Å². The fourth-order valence-electron chi connectivity index (χ4n) is 8.46. The lowest BCUT2D eigenvalue weighted by molar-refractivity contribution is 0.0682. The van der Waals surface area contributed by atoms with Gasteiger partial charge in [0.2, 0.25) is 11.9 Å². The zero-order valence-electron chi connectivity index (χ0n) is 32.7. The van der Waals surface area contributed by atoms with Crippen LogP contribution in [0, 0.1) is 11.8 Å². The molecule has 2 N–H and O–H groups in total. The molecule has 0 amide bonds. The van der Waals surface area contributed by atoms with E-state index in [4.69, 9.17) is 15.0 Å². The molecule has 46 heavy (non-hydrogen) atoms. The summed E-state index contributed by atoms with van der Waals surface area (Å²) in [5.41, 5.74) is 0.290. The molecule has 2 aliphatic heterocycles. The Hall–Kier alpha value is -1.47. The van der Waals surface area contributed by atoms with Crippen LogP contribution >= 0.6 is 0 Å². The molecule has 2 saturated heterocycles. The van der Waals surface area contributed by atoms with Crippen molar-refractivity contribution in [3.8, 4) is 0 Å². The maximum atomic E-state index is 5.55. The summed E-state index contributed by atoms with van der Waals surface area (Å²) in [5, 5.41) is 8.24. The van der Waals surface area contributed by atoms with Crippen LogP contribution in [-0.4, -0.2) is 62.3 Å². The minimum absolute atomic E-state index is 0.0615. The standard InChI is InChI=1S/C39H75N7/c1-14-21-24-33-40-34(45(25-22-15-2)31-27-36(10,17-4)43-38(12,19-6)29(31)8)42-35(41-33)46(26-23-16-3)32-28-37(11,18-5)44-39(13,20-7)30(32)9/h29-32,43-44H,14-28H2,1-13H3. The molecule has 266 valence electrons. The van der Waals surface area contributed by atoms with Gasteiger partial charge in [-0.1, -0.05) is 81.6 Å². The number of hydrogen-bond acceptors (Lipinski definition) is 7. The van der Waals surface area contributed by atoms with Crippen LogP contribution in [0.25, 0.3) is 0 Å². The van der Waals surface area contributed by atoms with Crippen molar-refractivity contribution in [1.82, 2.24) is 25.6 Å². The minimum atomic E-state index is 0.0615. The maximum absolute atomic E-state index is 5.55. The monoisotopic (exact) mass is 642 g/mol. The molecule has 0 aliphatic carbocycles. The van der Waals surface area contributed by atoms with Crippen LogP contribution in [-0.2, 0) is 6.42 Å². The number of nitrogens with zero attached hydrogens (tertiary/aromatic N) is 5. The van der Waals surface area contributed by atoms with Crippen molar-refractivity contribution >= 4 is 11.9 Å². The van der Waals surface area contributed by atoms with E-state index >= 15 is 0 Å². The largest absolute Gasteiger partial charge is 0.337 e. The molecule has 7 heteroatoms. The number of unbranched alkanes of at least 4 members (excludes halogenated alkanes) is 3. The molecule has 0 bridgehead atoms. The third-order valence-corrected chi connectivity index (χ3v) is 12.9. The van der Waals surface area contributed by atoms with E-state index in [0.29, 0.717) is 23.9 Å². The summed E-state index contributed by atoms with van der Waals surface area (Å²) in [6.45, 7) is 32.9. The summed E-state index contributed by atoms with van der Waals surface area (Å²) < 4.78 is 0. The van der Waals surface area contributed by atoms with Crippen molar-refractivity contribution in [2.45, 2.75) is 208 Å². The Morgan fingerprint density at radius 1 is 0.587 bits per heavy atom. The minimum Gasteiger partial charge on any atom is -0.337 e. The SMILES string of the molecule is CCCCc1nc(N(CCCC)C2CC(C)(CC)NC(C)(CC)C2C)nc(N(CCCC)C2CC(C)(CC)NC(C)(CC)C2C)n1. The van der Waals surface area contributed by atoms with E-state index in [9.17, 15) is 0 Å². The van der Waals surface area contributed by atoms with Crippen LogP contribution in [0.3, 0.4) is 0 Å². The lowest BCUT2D eigenvalue weighted by atomic mass is 9.68. The molecule has 0 aromatic carbocycles. The molecular weight excluding hydrogens is 566 g/mol. The first-order chi connectivity index (χ1) is 21.7. The first-order valence-corrected chi connectivity index (χ1v) is 19.6. The van der Waals surface area contributed by atoms with Crippen molar-refractivity contribution in [2.75, 3.05) is 22.9 Å². The molecule has 2 aliphatic rings. The Morgan fingerprint density at radius 2 is 0.978 bits per heavy atom. The predicted molar refractivity (Wildman–Crippen MR) is 199 cm³/mol. The smallest absolute Gasteiger partial charge is 0.230 e. The maximum Gasteiger partial charge on any atom is 0.230 e. The van der Waals surface area contributed by atoms with Crippen LogP contribution in [0.15, 0.2) is 0 Å². The third kappa shape index (κ3) is 8.57. The van der Waals surface area contributed by atoms with Gasteiger partial charge in [0, 0.05) is 53.7 Å². The highest BCUT2D eigenvalue weighted by atomic mass is 15.4. The zero-order valence-corrected chi connectivity index (χ0v) is 32.7. The second-order valence-electron chi connectivity index (χ2n) is 16.3. The summed E-state index contributed by atoms with van der Waals surface area (Å²) in [6.07, 6.45) is 14.4. The number of aryl methyl sites for hydroxylation is 1. The summed E-state index contributed by atoms with van der Waals surface area (Å²) >= 11 is 0. The number of rotatable bonds is 17. The lowest BCUT2D eigenvalue weighted by Gasteiger charge is -2.56.